The molecule has 6 heteroatoms. The Morgan fingerprint density at radius 1 is 1.06 bits per heavy atom. The van der Waals surface area contributed by atoms with E-state index in [1.165, 1.54) is 12.1 Å². The molecule has 0 unspecified atom stereocenters. The Hall–Kier alpha value is -3.90. The van der Waals surface area contributed by atoms with Crippen LogP contribution in [0.3, 0.4) is 0 Å². The van der Waals surface area contributed by atoms with Crippen LogP contribution in [-0.4, -0.2) is 22.6 Å². The summed E-state index contributed by atoms with van der Waals surface area (Å²) in [6.45, 7) is 1.48. The first-order chi connectivity index (χ1) is 15.6. The first kappa shape index (κ1) is 21.3. The summed E-state index contributed by atoms with van der Waals surface area (Å²) in [5, 5.41) is 9.50. The van der Waals surface area contributed by atoms with Crippen LogP contribution in [0.1, 0.15) is 16.7 Å². The molecule has 4 rings (SSSR count). The van der Waals surface area contributed by atoms with E-state index in [4.69, 9.17) is 5.21 Å². The molecule has 3 aromatic carbocycles. The number of benzene rings is 3. The molecule has 3 N–H and O–H groups in total. The predicted octanol–water partition coefficient (Wildman–Crippen LogP) is 5.07. The summed E-state index contributed by atoms with van der Waals surface area (Å²) in [6, 6.07) is 22.9. The van der Waals surface area contributed by atoms with Gasteiger partial charge >= 0.3 is 0 Å². The molecule has 0 bridgehead atoms. The van der Waals surface area contributed by atoms with E-state index in [9.17, 15) is 9.18 Å². The third-order valence-electron chi connectivity index (χ3n) is 5.39. The van der Waals surface area contributed by atoms with Gasteiger partial charge in [0.25, 0.3) is 5.91 Å². The van der Waals surface area contributed by atoms with E-state index in [0.29, 0.717) is 6.54 Å². The van der Waals surface area contributed by atoms with Gasteiger partial charge in [-0.1, -0.05) is 42.5 Å². The lowest BCUT2D eigenvalue weighted by Crippen LogP contribution is -2.25. The molecule has 1 heterocycles. The van der Waals surface area contributed by atoms with Crippen molar-refractivity contribution in [1.82, 2.24) is 10.5 Å². The fourth-order valence-corrected chi connectivity index (χ4v) is 3.71. The number of nitrogens with one attached hydrogen (secondary N) is 2. The Bertz CT molecular complexity index is 1220. The van der Waals surface area contributed by atoms with Crippen molar-refractivity contribution < 1.29 is 14.4 Å². The quantitative estimate of drug-likeness (QED) is 0.208. The molecule has 4 aromatic rings. The molecule has 1 aromatic heterocycles. The van der Waals surface area contributed by atoms with Gasteiger partial charge in [-0.15, -0.1) is 0 Å². The SMILES string of the molecule is O=C(/C=C/c1ccc(CN(CCc2c[nH]c3ccc(F)cc23)c2ccccc2)cc1)NO. The first-order valence-electron chi connectivity index (χ1n) is 10.4. The van der Waals surface area contributed by atoms with Crippen LogP contribution in [0.2, 0.25) is 0 Å². The summed E-state index contributed by atoms with van der Waals surface area (Å²) in [5.41, 5.74) is 6.70. The predicted molar refractivity (Wildman–Crippen MR) is 125 cm³/mol. The highest BCUT2D eigenvalue weighted by atomic mass is 19.1. The van der Waals surface area contributed by atoms with Crippen molar-refractivity contribution >= 4 is 28.6 Å². The maximum absolute atomic E-state index is 13.7. The van der Waals surface area contributed by atoms with Gasteiger partial charge in [0.15, 0.2) is 0 Å². The third-order valence-corrected chi connectivity index (χ3v) is 5.39. The molecule has 0 spiro atoms. The normalized spacial score (nSPS) is 11.2. The smallest absolute Gasteiger partial charge is 0.267 e. The summed E-state index contributed by atoms with van der Waals surface area (Å²) in [4.78, 5) is 16.7. The van der Waals surface area contributed by atoms with Gasteiger partial charge in [-0.3, -0.25) is 10.0 Å². The number of amides is 1. The molecule has 0 atom stereocenters. The highest BCUT2D eigenvalue weighted by Crippen LogP contribution is 2.22. The number of nitrogens with zero attached hydrogens (tertiary/aromatic N) is 1. The van der Waals surface area contributed by atoms with Crippen LogP contribution in [0.4, 0.5) is 10.1 Å². The van der Waals surface area contributed by atoms with Crippen LogP contribution in [0.15, 0.2) is 85.1 Å². The number of anilines is 1. The molecule has 0 fully saturated rings. The molecule has 0 aliphatic rings. The summed E-state index contributed by atoms with van der Waals surface area (Å²) in [7, 11) is 0. The molecule has 0 saturated carbocycles. The minimum atomic E-state index is -0.568. The molecule has 1 amide bonds. The summed E-state index contributed by atoms with van der Waals surface area (Å²) in [6.07, 6.45) is 5.64. The highest BCUT2D eigenvalue weighted by Gasteiger charge is 2.11. The van der Waals surface area contributed by atoms with E-state index in [-0.39, 0.29) is 5.82 Å². The number of aromatic nitrogens is 1. The number of H-pyrrole nitrogens is 1. The number of hydroxylamine groups is 1. The topological polar surface area (TPSA) is 68.4 Å². The van der Waals surface area contributed by atoms with Gasteiger partial charge in [-0.25, -0.2) is 9.87 Å². The fourth-order valence-electron chi connectivity index (χ4n) is 3.71. The lowest BCUT2D eigenvalue weighted by atomic mass is 10.1. The minimum Gasteiger partial charge on any atom is -0.367 e. The van der Waals surface area contributed by atoms with Crippen LogP contribution in [-0.2, 0) is 17.8 Å². The van der Waals surface area contributed by atoms with Crippen LogP contribution < -0.4 is 10.4 Å². The second kappa shape index (κ2) is 9.94. The molecule has 0 saturated heterocycles. The van der Waals surface area contributed by atoms with Crippen molar-refractivity contribution in [2.24, 2.45) is 0 Å². The number of carbonyl (C=O) groups is 1. The third kappa shape index (κ3) is 5.22. The van der Waals surface area contributed by atoms with Crippen molar-refractivity contribution in [1.29, 1.82) is 0 Å². The van der Waals surface area contributed by atoms with Crippen LogP contribution in [0.25, 0.3) is 17.0 Å². The molecule has 0 aliphatic carbocycles. The van der Waals surface area contributed by atoms with Gasteiger partial charge in [0.1, 0.15) is 5.82 Å². The van der Waals surface area contributed by atoms with Crippen molar-refractivity contribution in [2.45, 2.75) is 13.0 Å². The molecular weight excluding hydrogens is 405 g/mol. The van der Waals surface area contributed by atoms with E-state index in [0.717, 1.165) is 46.2 Å². The summed E-state index contributed by atoms with van der Waals surface area (Å²) < 4.78 is 13.7. The molecule has 0 radical (unpaired) electrons. The number of hydrogen-bond acceptors (Lipinski definition) is 3. The summed E-state index contributed by atoms with van der Waals surface area (Å²) >= 11 is 0. The Balaban J connectivity index is 1.50. The fraction of sp³-hybridized carbons (Fsp3) is 0.115. The zero-order valence-corrected chi connectivity index (χ0v) is 17.5. The van der Waals surface area contributed by atoms with E-state index in [2.05, 4.69) is 22.0 Å². The molecule has 32 heavy (non-hydrogen) atoms. The zero-order valence-electron chi connectivity index (χ0n) is 17.5. The standard InChI is InChI=1S/C26H24FN3O2/c27-22-11-12-25-24(16-22)21(17-28-25)14-15-30(23-4-2-1-3-5-23)18-20-8-6-19(7-9-20)10-13-26(31)29-32/h1-13,16-17,28,32H,14-15,18H2,(H,29,31)/b13-10+. The molecule has 162 valence electrons. The maximum atomic E-state index is 13.7. The van der Waals surface area contributed by atoms with Crippen molar-refractivity contribution in [3.8, 4) is 0 Å². The average molecular weight is 429 g/mol. The largest absolute Gasteiger partial charge is 0.367 e. The van der Waals surface area contributed by atoms with Crippen LogP contribution in [0.5, 0.6) is 0 Å². The van der Waals surface area contributed by atoms with Gasteiger partial charge < -0.3 is 9.88 Å². The second-order valence-corrected chi connectivity index (χ2v) is 7.56. The monoisotopic (exact) mass is 429 g/mol. The van der Waals surface area contributed by atoms with E-state index >= 15 is 0 Å². The average Bonchev–Trinajstić information content (AvgIpc) is 3.23. The Kier molecular flexibility index (Phi) is 6.63. The van der Waals surface area contributed by atoms with Gasteiger partial charge in [-0.2, -0.15) is 0 Å². The van der Waals surface area contributed by atoms with Gasteiger partial charge in [0.2, 0.25) is 0 Å². The minimum absolute atomic E-state index is 0.233. The van der Waals surface area contributed by atoms with E-state index < -0.39 is 5.91 Å². The number of fused-ring (bicyclic) bond motifs is 1. The number of hydrogen-bond donors (Lipinski definition) is 3. The number of carbonyl (C=O) groups excluding carboxylic acids is 1. The summed E-state index contributed by atoms with van der Waals surface area (Å²) in [5.74, 6) is -0.801. The maximum Gasteiger partial charge on any atom is 0.267 e. The second-order valence-electron chi connectivity index (χ2n) is 7.56. The van der Waals surface area contributed by atoms with E-state index in [1.807, 2.05) is 48.7 Å². The lowest BCUT2D eigenvalue weighted by Gasteiger charge is -2.25. The van der Waals surface area contributed by atoms with E-state index in [1.54, 1.807) is 23.7 Å². The van der Waals surface area contributed by atoms with Crippen molar-refractivity contribution in [2.75, 3.05) is 11.4 Å². The number of halogens is 1. The van der Waals surface area contributed by atoms with Crippen molar-refractivity contribution in [3.63, 3.8) is 0 Å². The molecule has 5 nitrogen and oxygen atoms in total. The highest BCUT2D eigenvalue weighted by molar-refractivity contribution is 5.90. The zero-order chi connectivity index (χ0) is 22.3. The lowest BCUT2D eigenvalue weighted by molar-refractivity contribution is -0.124. The van der Waals surface area contributed by atoms with Crippen molar-refractivity contribution in [3.05, 3.63) is 108 Å². The first-order valence-corrected chi connectivity index (χ1v) is 10.4. The number of aromatic amines is 1. The van der Waals surface area contributed by atoms with Gasteiger partial charge in [0.05, 0.1) is 0 Å². The molecular formula is C26H24FN3O2. The Labute approximate surface area is 185 Å². The van der Waals surface area contributed by atoms with Gasteiger partial charge in [0, 0.05) is 42.0 Å². The Morgan fingerprint density at radius 2 is 1.84 bits per heavy atom. The Morgan fingerprint density at radius 3 is 2.59 bits per heavy atom. The van der Waals surface area contributed by atoms with Crippen LogP contribution in [0, 0.1) is 5.82 Å². The number of para-hydroxylation sites is 1. The van der Waals surface area contributed by atoms with Crippen LogP contribution >= 0.6 is 0 Å². The van der Waals surface area contributed by atoms with Gasteiger partial charge in [-0.05, 0) is 59.5 Å². The number of rotatable bonds is 8. The molecule has 0 aliphatic heterocycles.